The highest BCUT2D eigenvalue weighted by molar-refractivity contribution is 5.78. The Hall–Kier alpha value is -1.06. The summed E-state index contributed by atoms with van der Waals surface area (Å²) in [4.78, 5) is 23.2. The maximum Gasteiger partial charge on any atom is 0.303 e. The predicted octanol–water partition coefficient (Wildman–Crippen LogP) is 3.11. The van der Waals surface area contributed by atoms with E-state index in [0.717, 1.165) is 32.2 Å². The molecule has 0 aliphatic heterocycles. The van der Waals surface area contributed by atoms with Crippen molar-refractivity contribution in [1.82, 2.24) is 5.32 Å². The minimum absolute atomic E-state index is 0.0428. The maximum absolute atomic E-state index is 12.2. The molecular formula is C16H27NO3. The Morgan fingerprint density at radius 3 is 2.10 bits per heavy atom. The van der Waals surface area contributed by atoms with Crippen molar-refractivity contribution >= 4 is 11.9 Å². The van der Waals surface area contributed by atoms with Gasteiger partial charge in [-0.1, -0.05) is 32.6 Å². The Bertz CT molecular complexity index is 366. The molecule has 4 nitrogen and oxygen atoms in total. The van der Waals surface area contributed by atoms with Gasteiger partial charge >= 0.3 is 5.97 Å². The molecule has 2 N–H and O–H groups in total. The van der Waals surface area contributed by atoms with E-state index in [1.807, 2.05) is 0 Å². The van der Waals surface area contributed by atoms with E-state index in [1.54, 1.807) is 0 Å². The summed E-state index contributed by atoms with van der Waals surface area (Å²) in [5, 5.41) is 12.1. The number of aliphatic carboxylic acids is 1. The summed E-state index contributed by atoms with van der Waals surface area (Å²) in [6.45, 7) is 2.98. The smallest absolute Gasteiger partial charge is 0.303 e. The molecule has 2 aliphatic rings. The summed E-state index contributed by atoms with van der Waals surface area (Å²) in [6.07, 6.45) is 9.28. The van der Waals surface area contributed by atoms with Crippen LogP contribution in [0.3, 0.4) is 0 Å². The summed E-state index contributed by atoms with van der Waals surface area (Å²) in [7, 11) is 0. The molecule has 0 spiro atoms. The zero-order valence-electron chi connectivity index (χ0n) is 12.5. The van der Waals surface area contributed by atoms with Gasteiger partial charge in [-0.2, -0.15) is 0 Å². The fourth-order valence-electron chi connectivity index (χ4n) is 3.98. The highest BCUT2D eigenvalue weighted by Crippen LogP contribution is 2.44. The highest BCUT2D eigenvalue weighted by Gasteiger charge is 2.38. The third kappa shape index (κ3) is 3.97. The average Bonchev–Trinajstić information content (AvgIpc) is 2.97. The lowest BCUT2D eigenvalue weighted by Gasteiger charge is -2.28. The van der Waals surface area contributed by atoms with Crippen molar-refractivity contribution in [1.29, 1.82) is 0 Å². The van der Waals surface area contributed by atoms with E-state index in [4.69, 9.17) is 5.11 Å². The van der Waals surface area contributed by atoms with Crippen LogP contribution in [-0.4, -0.2) is 23.5 Å². The minimum atomic E-state index is -0.776. The molecule has 2 saturated carbocycles. The van der Waals surface area contributed by atoms with Gasteiger partial charge in [0.05, 0.1) is 6.42 Å². The van der Waals surface area contributed by atoms with Gasteiger partial charge < -0.3 is 10.4 Å². The lowest BCUT2D eigenvalue weighted by molar-refractivity contribution is -0.140. The molecule has 0 heterocycles. The summed E-state index contributed by atoms with van der Waals surface area (Å²) in [5.41, 5.74) is -0.0300. The second-order valence-electron chi connectivity index (χ2n) is 7.25. The number of rotatable bonds is 6. The van der Waals surface area contributed by atoms with Gasteiger partial charge in [-0.05, 0) is 36.5 Å². The molecule has 0 radical (unpaired) electrons. The molecule has 0 aromatic heterocycles. The fraction of sp³-hybridized carbons (Fsp3) is 0.875. The molecule has 0 saturated heterocycles. The molecule has 114 valence electrons. The largest absolute Gasteiger partial charge is 0.481 e. The van der Waals surface area contributed by atoms with E-state index in [0.29, 0.717) is 6.42 Å². The van der Waals surface area contributed by atoms with Crippen LogP contribution in [0.5, 0.6) is 0 Å². The molecule has 0 atom stereocenters. The lowest BCUT2D eigenvalue weighted by Crippen LogP contribution is -2.37. The molecule has 0 bridgehead atoms. The van der Waals surface area contributed by atoms with Crippen molar-refractivity contribution in [3.05, 3.63) is 0 Å². The van der Waals surface area contributed by atoms with E-state index in [9.17, 15) is 9.59 Å². The monoisotopic (exact) mass is 281 g/mol. The van der Waals surface area contributed by atoms with E-state index in [2.05, 4.69) is 12.2 Å². The molecule has 20 heavy (non-hydrogen) atoms. The van der Waals surface area contributed by atoms with Crippen molar-refractivity contribution in [3.8, 4) is 0 Å². The van der Waals surface area contributed by atoms with Gasteiger partial charge in [0.1, 0.15) is 0 Å². The van der Waals surface area contributed by atoms with Crippen molar-refractivity contribution in [2.24, 2.45) is 10.8 Å². The molecule has 2 fully saturated rings. The van der Waals surface area contributed by atoms with Crippen LogP contribution in [0.1, 0.15) is 71.1 Å². The molecule has 2 aliphatic carbocycles. The van der Waals surface area contributed by atoms with Crippen LogP contribution in [0.25, 0.3) is 0 Å². The van der Waals surface area contributed by atoms with E-state index in [1.165, 1.54) is 25.7 Å². The first-order chi connectivity index (χ1) is 9.43. The predicted molar refractivity (Wildman–Crippen MR) is 77.4 cm³/mol. The van der Waals surface area contributed by atoms with Crippen molar-refractivity contribution < 1.29 is 14.7 Å². The van der Waals surface area contributed by atoms with Crippen LogP contribution >= 0.6 is 0 Å². The number of nitrogens with one attached hydrogen (secondary N) is 1. The Kier molecular flexibility index (Phi) is 4.71. The number of carbonyl (C=O) groups excluding carboxylic acids is 1. The quantitative estimate of drug-likeness (QED) is 0.786. The van der Waals surface area contributed by atoms with Gasteiger partial charge in [-0.3, -0.25) is 9.59 Å². The van der Waals surface area contributed by atoms with Crippen molar-refractivity contribution in [2.45, 2.75) is 71.1 Å². The van der Waals surface area contributed by atoms with Gasteiger partial charge in [0.15, 0.2) is 0 Å². The number of amides is 1. The fourth-order valence-corrected chi connectivity index (χ4v) is 3.98. The summed E-state index contributed by atoms with van der Waals surface area (Å²) in [5.74, 6) is -0.733. The highest BCUT2D eigenvalue weighted by atomic mass is 16.4. The van der Waals surface area contributed by atoms with Crippen LogP contribution in [0.2, 0.25) is 0 Å². The van der Waals surface area contributed by atoms with E-state index >= 15 is 0 Å². The third-order valence-electron chi connectivity index (χ3n) is 5.25. The number of carboxylic acid groups (broad SMARTS) is 1. The van der Waals surface area contributed by atoms with Gasteiger partial charge in [0.25, 0.3) is 0 Å². The van der Waals surface area contributed by atoms with E-state index < -0.39 is 5.97 Å². The standard InChI is InChI=1S/C16H27NO3/c1-15(6-2-3-7-15)12-17-13(18)10-16(11-14(19)20)8-4-5-9-16/h2-12H2,1H3,(H,17,18)(H,19,20). The SMILES string of the molecule is CC1(CNC(=O)CC2(CC(=O)O)CCCC2)CCCC1. The first-order valence-corrected chi connectivity index (χ1v) is 7.92. The maximum atomic E-state index is 12.2. The zero-order valence-corrected chi connectivity index (χ0v) is 12.5. The Morgan fingerprint density at radius 2 is 1.55 bits per heavy atom. The average molecular weight is 281 g/mol. The van der Waals surface area contributed by atoms with Crippen molar-refractivity contribution in [3.63, 3.8) is 0 Å². The normalized spacial score (nSPS) is 23.6. The summed E-state index contributed by atoms with van der Waals surface area (Å²) in [6, 6.07) is 0. The van der Waals surface area contributed by atoms with E-state index in [-0.39, 0.29) is 23.2 Å². The van der Waals surface area contributed by atoms with Crippen LogP contribution in [0, 0.1) is 10.8 Å². The van der Waals surface area contributed by atoms with Crippen LogP contribution < -0.4 is 5.32 Å². The molecule has 0 aromatic carbocycles. The molecular weight excluding hydrogens is 254 g/mol. The van der Waals surface area contributed by atoms with Crippen LogP contribution in [0.4, 0.5) is 0 Å². The summed E-state index contributed by atoms with van der Waals surface area (Å²) >= 11 is 0. The van der Waals surface area contributed by atoms with Crippen LogP contribution in [-0.2, 0) is 9.59 Å². The second kappa shape index (κ2) is 6.15. The number of hydrogen-bond acceptors (Lipinski definition) is 2. The Morgan fingerprint density at radius 1 is 1.00 bits per heavy atom. The van der Waals surface area contributed by atoms with Gasteiger partial charge in [-0.15, -0.1) is 0 Å². The Balaban J connectivity index is 1.84. The number of carboxylic acids is 1. The minimum Gasteiger partial charge on any atom is -0.481 e. The number of carbonyl (C=O) groups is 2. The first-order valence-electron chi connectivity index (χ1n) is 7.92. The zero-order chi connectivity index (χ0) is 14.6. The second-order valence-corrected chi connectivity index (χ2v) is 7.25. The van der Waals surface area contributed by atoms with Gasteiger partial charge in [-0.25, -0.2) is 0 Å². The molecule has 0 unspecified atom stereocenters. The van der Waals surface area contributed by atoms with Crippen molar-refractivity contribution in [2.75, 3.05) is 6.54 Å². The molecule has 1 amide bonds. The third-order valence-corrected chi connectivity index (χ3v) is 5.25. The molecule has 0 aromatic rings. The van der Waals surface area contributed by atoms with Crippen LogP contribution in [0.15, 0.2) is 0 Å². The summed E-state index contributed by atoms with van der Waals surface area (Å²) < 4.78 is 0. The topological polar surface area (TPSA) is 66.4 Å². The molecule has 2 rings (SSSR count). The first kappa shape index (κ1) is 15.3. The number of hydrogen-bond donors (Lipinski definition) is 2. The molecule has 4 heteroatoms. The lowest BCUT2D eigenvalue weighted by atomic mass is 9.79. The van der Waals surface area contributed by atoms with Gasteiger partial charge in [0, 0.05) is 13.0 Å². The Labute approximate surface area is 121 Å². The van der Waals surface area contributed by atoms with Gasteiger partial charge in [0.2, 0.25) is 5.91 Å².